The molecule has 2 heteroatoms. The molecule has 2 aliphatic heterocycles. The van der Waals surface area contributed by atoms with Crippen molar-refractivity contribution in [2.45, 2.75) is 45.7 Å². The van der Waals surface area contributed by atoms with E-state index >= 15 is 0 Å². The number of likely N-dealkylation sites (tertiary alicyclic amines) is 1. The fourth-order valence-corrected chi connectivity index (χ4v) is 3.00. The van der Waals surface area contributed by atoms with Gasteiger partial charge in [0.05, 0.1) is 0 Å². The van der Waals surface area contributed by atoms with Crippen molar-refractivity contribution in [3.05, 3.63) is 0 Å². The van der Waals surface area contributed by atoms with E-state index in [-0.39, 0.29) is 0 Å². The van der Waals surface area contributed by atoms with Crippen LogP contribution in [0.3, 0.4) is 0 Å². The maximum atomic E-state index is 3.57. The lowest BCUT2D eigenvalue weighted by molar-refractivity contribution is 0.249. The van der Waals surface area contributed by atoms with Crippen molar-refractivity contribution in [3.8, 4) is 0 Å². The van der Waals surface area contributed by atoms with Crippen LogP contribution in [0.15, 0.2) is 0 Å². The summed E-state index contributed by atoms with van der Waals surface area (Å²) in [7, 11) is 0. The monoisotopic (exact) mass is 196 g/mol. The molecule has 0 bridgehead atoms. The molecule has 0 radical (unpaired) electrons. The van der Waals surface area contributed by atoms with E-state index in [0.717, 1.165) is 23.9 Å². The molecule has 0 saturated carbocycles. The highest BCUT2D eigenvalue weighted by Gasteiger charge is 2.33. The smallest absolute Gasteiger partial charge is 0.00420 e. The van der Waals surface area contributed by atoms with Crippen molar-refractivity contribution >= 4 is 0 Å². The first-order chi connectivity index (χ1) is 6.66. The predicted octanol–water partition coefficient (Wildman–Crippen LogP) is 1.71. The van der Waals surface area contributed by atoms with Gasteiger partial charge >= 0.3 is 0 Å². The Morgan fingerprint density at radius 2 is 2.07 bits per heavy atom. The Hall–Kier alpha value is -0.0800. The molecular weight excluding hydrogens is 172 g/mol. The maximum Gasteiger partial charge on any atom is 0.00420 e. The molecule has 3 atom stereocenters. The summed E-state index contributed by atoms with van der Waals surface area (Å²) in [5, 5.41) is 3.57. The largest absolute Gasteiger partial charge is 0.314 e. The van der Waals surface area contributed by atoms with Crippen LogP contribution in [0.4, 0.5) is 0 Å². The number of nitrogens with one attached hydrogen (secondary N) is 1. The van der Waals surface area contributed by atoms with Crippen LogP contribution in [0, 0.1) is 11.8 Å². The normalized spacial score (nSPS) is 39.9. The Bertz CT molecular complexity index is 191. The standard InChI is InChI=1S/C12H24N2/c1-9(2)14-5-4-11(8-14)12-6-10(3)13-7-12/h9-13H,4-8H2,1-3H3. The average Bonchev–Trinajstić information content (AvgIpc) is 2.70. The number of nitrogens with zero attached hydrogens (tertiary/aromatic N) is 1. The van der Waals surface area contributed by atoms with E-state index in [1.165, 1.54) is 32.5 Å². The molecule has 0 aliphatic carbocycles. The molecule has 2 aliphatic rings. The van der Waals surface area contributed by atoms with Crippen molar-refractivity contribution in [2.24, 2.45) is 11.8 Å². The van der Waals surface area contributed by atoms with E-state index < -0.39 is 0 Å². The van der Waals surface area contributed by atoms with Crippen molar-refractivity contribution in [2.75, 3.05) is 19.6 Å². The third-order valence-electron chi connectivity index (χ3n) is 4.04. The summed E-state index contributed by atoms with van der Waals surface area (Å²) in [5.74, 6) is 1.92. The zero-order valence-corrected chi connectivity index (χ0v) is 9.79. The van der Waals surface area contributed by atoms with Gasteiger partial charge < -0.3 is 10.2 Å². The van der Waals surface area contributed by atoms with Crippen LogP contribution < -0.4 is 5.32 Å². The van der Waals surface area contributed by atoms with Crippen LogP contribution >= 0.6 is 0 Å². The fraction of sp³-hybridized carbons (Fsp3) is 1.00. The van der Waals surface area contributed by atoms with E-state index in [4.69, 9.17) is 0 Å². The molecule has 2 heterocycles. The molecule has 0 amide bonds. The molecule has 0 spiro atoms. The van der Waals surface area contributed by atoms with Crippen molar-refractivity contribution in [1.82, 2.24) is 10.2 Å². The second kappa shape index (κ2) is 4.19. The van der Waals surface area contributed by atoms with Crippen LogP contribution in [-0.4, -0.2) is 36.6 Å². The van der Waals surface area contributed by atoms with Gasteiger partial charge in [-0.15, -0.1) is 0 Å². The van der Waals surface area contributed by atoms with E-state index in [1.807, 2.05) is 0 Å². The summed E-state index contributed by atoms with van der Waals surface area (Å²) in [4.78, 5) is 2.63. The SMILES string of the molecule is CC1CC(C2CCN(C(C)C)C2)CN1. The number of hydrogen-bond acceptors (Lipinski definition) is 2. The molecule has 0 aromatic rings. The summed E-state index contributed by atoms with van der Waals surface area (Å²) >= 11 is 0. The minimum absolute atomic E-state index is 0.742. The van der Waals surface area contributed by atoms with E-state index in [2.05, 4.69) is 31.0 Å². The quantitative estimate of drug-likeness (QED) is 0.723. The van der Waals surface area contributed by atoms with Gasteiger partial charge in [0.15, 0.2) is 0 Å². The topological polar surface area (TPSA) is 15.3 Å². The first kappa shape index (κ1) is 10.4. The summed E-state index contributed by atoms with van der Waals surface area (Å²) in [6, 6.07) is 1.50. The van der Waals surface area contributed by atoms with E-state index in [1.54, 1.807) is 0 Å². The molecule has 82 valence electrons. The highest BCUT2D eigenvalue weighted by molar-refractivity contribution is 4.88. The molecule has 14 heavy (non-hydrogen) atoms. The van der Waals surface area contributed by atoms with Crippen LogP contribution in [0.1, 0.15) is 33.6 Å². The first-order valence-electron chi connectivity index (χ1n) is 6.14. The van der Waals surface area contributed by atoms with E-state index in [9.17, 15) is 0 Å². The molecular formula is C12H24N2. The van der Waals surface area contributed by atoms with Gasteiger partial charge in [-0.1, -0.05) is 0 Å². The molecule has 3 unspecified atom stereocenters. The molecule has 2 rings (SSSR count). The summed E-state index contributed by atoms with van der Waals surface area (Å²) < 4.78 is 0. The van der Waals surface area contributed by atoms with Crippen molar-refractivity contribution in [3.63, 3.8) is 0 Å². The summed E-state index contributed by atoms with van der Waals surface area (Å²) in [5.41, 5.74) is 0. The van der Waals surface area contributed by atoms with Crippen LogP contribution in [-0.2, 0) is 0 Å². The van der Waals surface area contributed by atoms with Gasteiger partial charge in [0.1, 0.15) is 0 Å². The summed E-state index contributed by atoms with van der Waals surface area (Å²) in [6.07, 6.45) is 2.83. The Morgan fingerprint density at radius 1 is 1.29 bits per heavy atom. The molecule has 2 nitrogen and oxygen atoms in total. The Labute approximate surface area is 88.1 Å². The molecule has 0 aromatic carbocycles. The lowest BCUT2D eigenvalue weighted by Gasteiger charge is -2.22. The van der Waals surface area contributed by atoms with Gasteiger partial charge in [-0.2, -0.15) is 0 Å². The highest BCUT2D eigenvalue weighted by atomic mass is 15.2. The Morgan fingerprint density at radius 3 is 2.57 bits per heavy atom. The molecule has 0 aromatic heterocycles. The second-order valence-corrected chi connectivity index (χ2v) is 5.44. The highest BCUT2D eigenvalue weighted by Crippen LogP contribution is 2.30. The minimum Gasteiger partial charge on any atom is -0.314 e. The Kier molecular flexibility index (Phi) is 3.13. The maximum absolute atomic E-state index is 3.57. The zero-order valence-electron chi connectivity index (χ0n) is 9.79. The van der Waals surface area contributed by atoms with Crippen molar-refractivity contribution < 1.29 is 0 Å². The fourth-order valence-electron chi connectivity index (χ4n) is 3.00. The first-order valence-corrected chi connectivity index (χ1v) is 6.14. The minimum atomic E-state index is 0.742. The van der Waals surface area contributed by atoms with Gasteiger partial charge in [-0.25, -0.2) is 0 Å². The van der Waals surface area contributed by atoms with E-state index in [0.29, 0.717) is 0 Å². The predicted molar refractivity (Wildman–Crippen MR) is 60.4 cm³/mol. The van der Waals surface area contributed by atoms with Crippen LogP contribution in [0.2, 0.25) is 0 Å². The average molecular weight is 196 g/mol. The molecule has 2 fully saturated rings. The number of rotatable bonds is 2. The molecule has 2 saturated heterocycles. The third kappa shape index (κ3) is 2.12. The second-order valence-electron chi connectivity index (χ2n) is 5.44. The zero-order chi connectivity index (χ0) is 10.1. The lowest BCUT2D eigenvalue weighted by atomic mass is 9.90. The van der Waals surface area contributed by atoms with Gasteiger partial charge in [-0.05, 0) is 58.5 Å². The van der Waals surface area contributed by atoms with Gasteiger partial charge in [0.25, 0.3) is 0 Å². The lowest BCUT2D eigenvalue weighted by Crippen LogP contribution is -2.29. The van der Waals surface area contributed by atoms with Gasteiger partial charge in [-0.3, -0.25) is 0 Å². The van der Waals surface area contributed by atoms with Crippen LogP contribution in [0.25, 0.3) is 0 Å². The summed E-state index contributed by atoms with van der Waals surface area (Å²) in [6.45, 7) is 10.9. The van der Waals surface area contributed by atoms with Crippen molar-refractivity contribution in [1.29, 1.82) is 0 Å². The van der Waals surface area contributed by atoms with Gasteiger partial charge in [0, 0.05) is 18.6 Å². The third-order valence-corrected chi connectivity index (χ3v) is 4.04. The molecule has 1 N–H and O–H groups in total. The number of hydrogen-bond donors (Lipinski definition) is 1. The van der Waals surface area contributed by atoms with Crippen LogP contribution in [0.5, 0.6) is 0 Å². The van der Waals surface area contributed by atoms with Gasteiger partial charge in [0.2, 0.25) is 0 Å². The Balaban J connectivity index is 1.83.